The van der Waals surface area contributed by atoms with Crippen LogP contribution in [0, 0.1) is 0 Å². The average Bonchev–Trinajstić information content (AvgIpc) is 3.48. The van der Waals surface area contributed by atoms with Crippen molar-refractivity contribution in [1.82, 2.24) is 20.0 Å². The quantitative estimate of drug-likeness (QED) is 0.711. The number of aromatic nitrogens is 2. The highest BCUT2D eigenvalue weighted by molar-refractivity contribution is 6.35. The van der Waals surface area contributed by atoms with E-state index in [4.69, 9.17) is 5.73 Å². The third-order valence-corrected chi connectivity index (χ3v) is 6.89. The Hall–Kier alpha value is -3.16. The van der Waals surface area contributed by atoms with Crippen LogP contribution in [0.4, 0.5) is 0 Å². The summed E-state index contributed by atoms with van der Waals surface area (Å²) < 4.78 is 0. The summed E-state index contributed by atoms with van der Waals surface area (Å²) in [7, 11) is 0. The Kier molecular flexibility index (Phi) is 6.04. The van der Waals surface area contributed by atoms with Gasteiger partial charge in [-0.2, -0.15) is 5.10 Å². The van der Waals surface area contributed by atoms with Crippen molar-refractivity contribution in [3.05, 3.63) is 53.3 Å². The maximum Gasteiger partial charge on any atom is 0.312 e. The van der Waals surface area contributed by atoms with Crippen LogP contribution in [-0.4, -0.2) is 63.9 Å². The molecule has 3 amide bonds. The summed E-state index contributed by atoms with van der Waals surface area (Å²) in [5.41, 5.74) is 7.61. The zero-order valence-electron chi connectivity index (χ0n) is 18.7. The largest absolute Gasteiger partial charge is 0.369 e. The first-order chi connectivity index (χ1) is 15.3. The number of amides is 3. The molecule has 0 aliphatic carbocycles. The van der Waals surface area contributed by atoms with Gasteiger partial charge < -0.3 is 15.5 Å². The second kappa shape index (κ2) is 8.76. The van der Waals surface area contributed by atoms with E-state index in [-0.39, 0.29) is 12.5 Å². The number of likely N-dealkylation sites (tertiary alicyclic amines) is 2. The molecule has 2 atom stereocenters. The van der Waals surface area contributed by atoms with Gasteiger partial charge in [0.1, 0.15) is 0 Å². The van der Waals surface area contributed by atoms with Crippen LogP contribution in [0.5, 0.6) is 0 Å². The molecule has 2 aliphatic heterocycles. The molecule has 32 heavy (non-hydrogen) atoms. The summed E-state index contributed by atoms with van der Waals surface area (Å²) in [5.74, 6) is -1.07. The third kappa shape index (κ3) is 4.01. The molecule has 8 nitrogen and oxygen atoms in total. The number of hydrogen-bond donors (Lipinski definition) is 2. The van der Waals surface area contributed by atoms with E-state index >= 15 is 0 Å². The Morgan fingerprint density at radius 3 is 2.50 bits per heavy atom. The lowest BCUT2D eigenvalue weighted by atomic mass is 9.79. The molecule has 2 fully saturated rings. The SMILES string of the molecule is CC(C)c1cc(C2CCCN(C(=O)C(=O)N3CCC(C(N)=O)(c4ccccc4)C3)C2)[nH]n1. The summed E-state index contributed by atoms with van der Waals surface area (Å²) in [6, 6.07) is 11.3. The number of primary amides is 1. The number of H-pyrrole nitrogens is 1. The lowest BCUT2D eigenvalue weighted by Crippen LogP contribution is -2.50. The van der Waals surface area contributed by atoms with Crippen LogP contribution in [-0.2, 0) is 19.8 Å². The summed E-state index contributed by atoms with van der Waals surface area (Å²) in [6.07, 6.45) is 2.19. The number of nitrogens with one attached hydrogen (secondary N) is 1. The summed E-state index contributed by atoms with van der Waals surface area (Å²) in [4.78, 5) is 41.7. The summed E-state index contributed by atoms with van der Waals surface area (Å²) in [6.45, 7) is 5.68. The van der Waals surface area contributed by atoms with Crippen LogP contribution < -0.4 is 5.73 Å². The Bertz CT molecular complexity index is 1000. The minimum atomic E-state index is -0.954. The molecular weight excluding hydrogens is 406 g/mol. The van der Waals surface area contributed by atoms with Crippen molar-refractivity contribution in [2.75, 3.05) is 26.2 Å². The smallest absolute Gasteiger partial charge is 0.312 e. The second-order valence-corrected chi connectivity index (χ2v) is 9.28. The van der Waals surface area contributed by atoms with E-state index in [0.717, 1.165) is 29.8 Å². The third-order valence-electron chi connectivity index (χ3n) is 6.89. The van der Waals surface area contributed by atoms with Gasteiger partial charge in [0.2, 0.25) is 5.91 Å². The first kappa shape index (κ1) is 22.0. The summed E-state index contributed by atoms with van der Waals surface area (Å²) in [5, 5.41) is 7.48. The van der Waals surface area contributed by atoms with E-state index < -0.39 is 23.1 Å². The molecule has 0 bridgehead atoms. The molecule has 2 unspecified atom stereocenters. The second-order valence-electron chi connectivity index (χ2n) is 9.28. The number of rotatable bonds is 4. The van der Waals surface area contributed by atoms with Gasteiger partial charge in [-0.15, -0.1) is 0 Å². The zero-order chi connectivity index (χ0) is 22.9. The minimum Gasteiger partial charge on any atom is -0.369 e. The molecular formula is C24H31N5O3. The normalized spacial score (nSPS) is 23.5. The maximum atomic E-state index is 13.1. The molecule has 0 saturated carbocycles. The fraction of sp³-hybridized carbons (Fsp3) is 0.500. The molecule has 0 radical (unpaired) electrons. The molecule has 3 N–H and O–H groups in total. The van der Waals surface area contributed by atoms with Gasteiger partial charge in [-0.05, 0) is 36.8 Å². The van der Waals surface area contributed by atoms with Gasteiger partial charge in [0, 0.05) is 37.8 Å². The van der Waals surface area contributed by atoms with Gasteiger partial charge in [0.15, 0.2) is 0 Å². The first-order valence-corrected chi connectivity index (χ1v) is 11.3. The molecule has 2 aromatic rings. The van der Waals surface area contributed by atoms with E-state index in [2.05, 4.69) is 30.1 Å². The predicted octanol–water partition coefficient (Wildman–Crippen LogP) is 1.89. The number of carbonyl (C=O) groups excluding carboxylic acids is 3. The Morgan fingerprint density at radius 1 is 1.12 bits per heavy atom. The van der Waals surface area contributed by atoms with E-state index in [1.165, 1.54) is 4.90 Å². The predicted molar refractivity (Wildman–Crippen MR) is 120 cm³/mol. The topological polar surface area (TPSA) is 112 Å². The van der Waals surface area contributed by atoms with E-state index in [0.29, 0.717) is 32.0 Å². The number of aromatic amines is 1. The Balaban J connectivity index is 1.45. The van der Waals surface area contributed by atoms with Crippen LogP contribution in [0.25, 0.3) is 0 Å². The van der Waals surface area contributed by atoms with E-state index in [1.54, 1.807) is 4.90 Å². The van der Waals surface area contributed by atoms with E-state index in [9.17, 15) is 14.4 Å². The van der Waals surface area contributed by atoms with Crippen LogP contribution in [0.3, 0.4) is 0 Å². The number of nitrogens with zero attached hydrogens (tertiary/aromatic N) is 3. The van der Waals surface area contributed by atoms with Crippen LogP contribution in [0.15, 0.2) is 36.4 Å². The lowest BCUT2D eigenvalue weighted by Gasteiger charge is -2.33. The van der Waals surface area contributed by atoms with E-state index in [1.807, 2.05) is 30.3 Å². The van der Waals surface area contributed by atoms with Gasteiger partial charge in [-0.25, -0.2) is 0 Å². The zero-order valence-corrected chi connectivity index (χ0v) is 18.7. The molecule has 1 aromatic carbocycles. The van der Waals surface area contributed by atoms with Crippen LogP contribution >= 0.6 is 0 Å². The number of carbonyl (C=O) groups is 3. The van der Waals surface area contributed by atoms with Crippen molar-refractivity contribution in [2.45, 2.75) is 50.4 Å². The summed E-state index contributed by atoms with van der Waals surface area (Å²) >= 11 is 0. The van der Waals surface area contributed by atoms with Crippen molar-refractivity contribution in [3.63, 3.8) is 0 Å². The standard InChI is InChI=1S/C24H31N5O3/c1-16(2)19-13-20(27-26-19)17-7-6-11-28(14-17)21(30)22(31)29-12-10-24(15-29,23(25)32)18-8-4-3-5-9-18/h3-5,8-9,13,16-17H,6-7,10-12,14-15H2,1-2H3,(H2,25,32)(H,26,27). The van der Waals surface area contributed by atoms with Gasteiger partial charge in [-0.3, -0.25) is 19.5 Å². The minimum absolute atomic E-state index is 0.131. The average molecular weight is 438 g/mol. The van der Waals surface area contributed by atoms with Crippen molar-refractivity contribution >= 4 is 17.7 Å². The highest BCUT2D eigenvalue weighted by Crippen LogP contribution is 2.35. The Morgan fingerprint density at radius 2 is 1.84 bits per heavy atom. The number of hydrogen-bond acceptors (Lipinski definition) is 4. The Labute approximate surface area is 188 Å². The molecule has 1 aromatic heterocycles. The molecule has 4 rings (SSSR count). The molecule has 8 heteroatoms. The van der Waals surface area contributed by atoms with Crippen molar-refractivity contribution in [3.8, 4) is 0 Å². The number of benzene rings is 1. The first-order valence-electron chi connectivity index (χ1n) is 11.3. The number of piperidine rings is 1. The fourth-order valence-electron chi connectivity index (χ4n) is 4.86. The van der Waals surface area contributed by atoms with Crippen molar-refractivity contribution in [1.29, 1.82) is 0 Å². The molecule has 3 heterocycles. The van der Waals surface area contributed by atoms with Crippen molar-refractivity contribution < 1.29 is 14.4 Å². The maximum absolute atomic E-state index is 13.1. The highest BCUT2D eigenvalue weighted by atomic mass is 16.2. The van der Waals surface area contributed by atoms with Gasteiger partial charge in [0.05, 0.1) is 11.1 Å². The van der Waals surface area contributed by atoms with Gasteiger partial charge in [-0.1, -0.05) is 44.2 Å². The van der Waals surface area contributed by atoms with Crippen LogP contribution in [0.1, 0.15) is 61.9 Å². The van der Waals surface area contributed by atoms with Gasteiger partial charge >= 0.3 is 11.8 Å². The molecule has 2 saturated heterocycles. The van der Waals surface area contributed by atoms with Crippen molar-refractivity contribution in [2.24, 2.45) is 5.73 Å². The van der Waals surface area contributed by atoms with Crippen LogP contribution in [0.2, 0.25) is 0 Å². The molecule has 170 valence electrons. The monoisotopic (exact) mass is 437 g/mol. The molecule has 2 aliphatic rings. The fourth-order valence-corrected chi connectivity index (χ4v) is 4.86. The molecule has 0 spiro atoms. The van der Waals surface area contributed by atoms with Gasteiger partial charge in [0.25, 0.3) is 0 Å². The lowest BCUT2D eigenvalue weighted by molar-refractivity contribution is -0.152. The number of nitrogens with two attached hydrogens (primary N) is 1. The highest BCUT2D eigenvalue weighted by Gasteiger charge is 2.47.